The summed E-state index contributed by atoms with van der Waals surface area (Å²) in [5.74, 6) is -0.713. The van der Waals surface area contributed by atoms with Crippen LogP contribution in [0.3, 0.4) is 0 Å². The number of anilines is 1. The lowest BCUT2D eigenvalue weighted by molar-refractivity contribution is -0.139. The molecule has 5 nitrogen and oxygen atoms in total. The Morgan fingerprint density at radius 2 is 1.71 bits per heavy atom. The maximum atomic E-state index is 12.8. The molecule has 8 heteroatoms. The van der Waals surface area contributed by atoms with Gasteiger partial charge < -0.3 is 10.1 Å². The Kier molecular flexibility index (Phi) is 8.09. The Balaban J connectivity index is 2.00. The quantitative estimate of drug-likeness (QED) is 0.382. The minimum Gasteiger partial charge on any atom is -0.468 e. The monoisotopic (exact) mass is 520 g/mol. The molecule has 0 aliphatic carbocycles. The average molecular weight is 522 g/mol. The Morgan fingerprint density at radius 3 is 2.39 bits per heavy atom. The van der Waals surface area contributed by atoms with Gasteiger partial charge in [0.05, 0.1) is 19.7 Å². The highest BCUT2D eigenvalue weighted by Gasteiger charge is 2.21. The van der Waals surface area contributed by atoms with Gasteiger partial charge in [0.15, 0.2) is 0 Å². The summed E-state index contributed by atoms with van der Waals surface area (Å²) >= 11 is 15.7. The summed E-state index contributed by atoms with van der Waals surface area (Å²) in [6.45, 7) is -0.0259. The highest BCUT2D eigenvalue weighted by molar-refractivity contribution is 9.10. The smallest absolute Gasteiger partial charge is 0.319 e. The second-order valence-electron chi connectivity index (χ2n) is 6.64. The molecule has 0 unspecified atom stereocenters. The van der Waals surface area contributed by atoms with Gasteiger partial charge in [-0.05, 0) is 59.7 Å². The lowest BCUT2D eigenvalue weighted by Gasteiger charge is -2.23. The number of carbonyl (C=O) groups excluding carboxylic acids is 2. The van der Waals surface area contributed by atoms with E-state index in [0.717, 1.165) is 15.6 Å². The van der Waals surface area contributed by atoms with Crippen molar-refractivity contribution >= 4 is 56.7 Å². The molecule has 3 aromatic rings. The van der Waals surface area contributed by atoms with E-state index in [0.29, 0.717) is 21.3 Å². The van der Waals surface area contributed by atoms with Crippen molar-refractivity contribution in [3.63, 3.8) is 0 Å². The van der Waals surface area contributed by atoms with Crippen LogP contribution < -0.4 is 10.6 Å². The number of hydrogen-bond donors (Lipinski definition) is 2. The third-order valence-corrected chi connectivity index (χ3v) is 5.48. The molecule has 0 saturated heterocycles. The van der Waals surface area contributed by atoms with Crippen LogP contribution in [0.1, 0.15) is 27.5 Å². The number of halogens is 3. The summed E-state index contributed by atoms with van der Waals surface area (Å²) in [5, 5.41) is 7.16. The van der Waals surface area contributed by atoms with E-state index in [1.54, 1.807) is 42.5 Å². The zero-order valence-corrected chi connectivity index (χ0v) is 19.6. The van der Waals surface area contributed by atoms with Crippen molar-refractivity contribution in [2.24, 2.45) is 0 Å². The molecule has 3 rings (SSSR count). The third kappa shape index (κ3) is 6.31. The number of methoxy groups -OCH3 is 1. The molecular weight excluding hydrogens is 503 g/mol. The summed E-state index contributed by atoms with van der Waals surface area (Å²) in [4.78, 5) is 24.6. The van der Waals surface area contributed by atoms with E-state index in [4.69, 9.17) is 27.9 Å². The summed E-state index contributed by atoms with van der Waals surface area (Å²) in [5.41, 5.74) is 2.59. The van der Waals surface area contributed by atoms with Crippen LogP contribution in [-0.2, 0) is 9.53 Å². The number of benzene rings is 3. The lowest BCUT2D eigenvalue weighted by Crippen LogP contribution is -2.30. The molecule has 0 bridgehead atoms. The number of ether oxygens (including phenoxy) is 1. The summed E-state index contributed by atoms with van der Waals surface area (Å²) in [6.07, 6.45) is 0. The molecule has 0 saturated carbocycles. The average Bonchev–Trinajstić information content (AvgIpc) is 2.75. The molecule has 0 fully saturated rings. The van der Waals surface area contributed by atoms with Crippen molar-refractivity contribution in [3.8, 4) is 0 Å². The third-order valence-electron chi connectivity index (χ3n) is 4.52. The van der Waals surface area contributed by atoms with E-state index in [1.165, 1.54) is 7.11 Å². The Labute approximate surface area is 198 Å². The lowest BCUT2D eigenvalue weighted by atomic mass is 9.96. The van der Waals surface area contributed by atoms with Crippen LogP contribution in [0.2, 0.25) is 10.0 Å². The SMILES string of the molecule is COC(=O)CN[C@H](c1cccc(Cl)c1)c1cc(Br)ccc1NC(=O)c1cccc(Cl)c1. The molecule has 0 spiro atoms. The minimum atomic E-state index is -0.440. The van der Waals surface area contributed by atoms with Crippen LogP contribution in [-0.4, -0.2) is 25.5 Å². The molecule has 2 N–H and O–H groups in total. The second kappa shape index (κ2) is 10.8. The van der Waals surface area contributed by atoms with Crippen molar-refractivity contribution in [2.75, 3.05) is 19.0 Å². The Hall–Kier alpha value is -2.38. The van der Waals surface area contributed by atoms with Crippen molar-refractivity contribution in [1.29, 1.82) is 0 Å². The van der Waals surface area contributed by atoms with Crippen LogP contribution >= 0.6 is 39.1 Å². The number of carbonyl (C=O) groups is 2. The van der Waals surface area contributed by atoms with Gasteiger partial charge in [0.1, 0.15) is 0 Å². The van der Waals surface area contributed by atoms with Gasteiger partial charge in [-0.2, -0.15) is 0 Å². The molecule has 160 valence electrons. The fraction of sp³-hybridized carbons (Fsp3) is 0.130. The number of rotatable bonds is 7. The first-order valence-corrected chi connectivity index (χ1v) is 10.8. The molecule has 31 heavy (non-hydrogen) atoms. The maximum Gasteiger partial charge on any atom is 0.319 e. The second-order valence-corrected chi connectivity index (χ2v) is 8.43. The first-order valence-electron chi connectivity index (χ1n) is 9.29. The fourth-order valence-corrected chi connectivity index (χ4v) is 3.83. The highest BCUT2D eigenvalue weighted by Crippen LogP contribution is 2.32. The van der Waals surface area contributed by atoms with Crippen LogP contribution in [0.25, 0.3) is 0 Å². The van der Waals surface area contributed by atoms with Crippen LogP contribution in [0, 0.1) is 0 Å². The van der Waals surface area contributed by atoms with E-state index in [-0.39, 0.29) is 12.5 Å². The molecule has 1 atom stereocenters. The highest BCUT2D eigenvalue weighted by atomic mass is 79.9. The van der Waals surface area contributed by atoms with Crippen molar-refractivity contribution in [3.05, 3.63) is 97.9 Å². The molecule has 1 amide bonds. The summed E-state index contributed by atoms with van der Waals surface area (Å²) in [6, 6.07) is 19.0. The van der Waals surface area contributed by atoms with E-state index in [1.807, 2.05) is 24.3 Å². The topological polar surface area (TPSA) is 67.4 Å². The summed E-state index contributed by atoms with van der Waals surface area (Å²) < 4.78 is 5.58. The normalized spacial score (nSPS) is 11.6. The molecule has 0 aromatic heterocycles. The largest absolute Gasteiger partial charge is 0.468 e. The fourth-order valence-electron chi connectivity index (χ4n) is 3.06. The number of hydrogen-bond acceptors (Lipinski definition) is 4. The van der Waals surface area contributed by atoms with Crippen LogP contribution in [0.4, 0.5) is 5.69 Å². The number of esters is 1. The predicted octanol–water partition coefficient (Wildman–Crippen LogP) is 5.86. The Morgan fingerprint density at radius 1 is 1.00 bits per heavy atom. The molecular formula is C23H19BrCl2N2O3. The summed E-state index contributed by atoms with van der Waals surface area (Å²) in [7, 11) is 1.33. The number of nitrogens with one attached hydrogen (secondary N) is 2. The van der Waals surface area contributed by atoms with E-state index < -0.39 is 12.0 Å². The van der Waals surface area contributed by atoms with Gasteiger partial charge in [0.25, 0.3) is 5.91 Å². The van der Waals surface area contributed by atoms with Crippen molar-refractivity contribution in [2.45, 2.75) is 6.04 Å². The van der Waals surface area contributed by atoms with Gasteiger partial charge in [-0.1, -0.05) is 57.3 Å². The molecule has 0 aliphatic heterocycles. The van der Waals surface area contributed by atoms with Gasteiger partial charge in [-0.25, -0.2) is 0 Å². The van der Waals surface area contributed by atoms with Crippen LogP contribution in [0.5, 0.6) is 0 Å². The zero-order valence-electron chi connectivity index (χ0n) is 16.5. The van der Waals surface area contributed by atoms with E-state index >= 15 is 0 Å². The zero-order chi connectivity index (χ0) is 22.4. The maximum absolute atomic E-state index is 12.8. The van der Waals surface area contributed by atoms with Gasteiger partial charge in [0, 0.05) is 25.8 Å². The van der Waals surface area contributed by atoms with E-state index in [2.05, 4.69) is 26.6 Å². The Bertz CT molecular complexity index is 1110. The molecule has 0 heterocycles. The first kappa shape index (κ1) is 23.3. The molecule has 0 aliphatic rings. The van der Waals surface area contributed by atoms with Gasteiger partial charge in [0.2, 0.25) is 0 Å². The van der Waals surface area contributed by atoms with Crippen molar-refractivity contribution < 1.29 is 14.3 Å². The predicted molar refractivity (Wildman–Crippen MR) is 127 cm³/mol. The van der Waals surface area contributed by atoms with Gasteiger partial charge in [-0.3, -0.25) is 14.9 Å². The van der Waals surface area contributed by atoms with Crippen LogP contribution in [0.15, 0.2) is 71.2 Å². The molecule has 0 radical (unpaired) electrons. The minimum absolute atomic E-state index is 0.0259. The van der Waals surface area contributed by atoms with Gasteiger partial charge >= 0.3 is 5.97 Å². The number of amides is 1. The first-order chi connectivity index (χ1) is 14.9. The van der Waals surface area contributed by atoms with Crippen molar-refractivity contribution in [1.82, 2.24) is 5.32 Å². The standard InChI is InChI=1S/C23H19BrCl2N2O3/c1-31-21(29)13-27-22(14-4-2-6-17(25)10-14)19-12-16(24)8-9-20(19)28-23(30)15-5-3-7-18(26)11-15/h2-12,22,27H,13H2,1H3,(H,28,30)/t22-/m1/s1. The van der Waals surface area contributed by atoms with E-state index in [9.17, 15) is 9.59 Å². The van der Waals surface area contributed by atoms with Gasteiger partial charge in [-0.15, -0.1) is 0 Å². The molecule has 3 aromatic carbocycles.